The number of ether oxygens (including phenoxy) is 3. The highest BCUT2D eigenvalue weighted by molar-refractivity contribution is 9.10. The van der Waals surface area contributed by atoms with Crippen LogP contribution in [-0.4, -0.2) is 30.4 Å². The number of nitrogens with zero attached hydrogens (tertiary/aromatic N) is 1. The maximum Gasteiger partial charge on any atom is 0.410 e. The highest BCUT2D eigenvalue weighted by atomic mass is 79.9. The van der Waals surface area contributed by atoms with E-state index in [1.165, 1.54) is 4.90 Å². The molecule has 0 atom stereocenters. The quantitative estimate of drug-likeness (QED) is 0.823. The van der Waals surface area contributed by atoms with Crippen molar-refractivity contribution < 1.29 is 19.0 Å². The largest absolute Gasteiger partial charge is 0.454 e. The van der Waals surface area contributed by atoms with Crippen molar-refractivity contribution in [2.24, 2.45) is 0 Å². The lowest BCUT2D eigenvalue weighted by Gasteiger charge is -2.25. The normalized spacial score (nSPS) is 13.2. The van der Waals surface area contributed by atoms with Gasteiger partial charge in [-0.3, -0.25) is 0 Å². The molecule has 6 heteroatoms. The lowest BCUT2D eigenvalue weighted by atomic mass is 10.2. The van der Waals surface area contributed by atoms with Gasteiger partial charge in [0.25, 0.3) is 0 Å². The second kappa shape index (κ2) is 5.52. The van der Waals surface area contributed by atoms with Crippen LogP contribution in [0.25, 0.3) is 0 Å². The molecular formula is C14H18BrNO4. The fourth-order valence-electron chi connectivity index (χ4n) is 1.74. The Morgan fingerprint density at radius 3 is 2.55 bits per heavy atom. The molecule has 0 saturated heterocycles. The Bertz CT molecular complexity index is 525. The van der Waals surface area contributed by atoms with E-state index < -0.39 is 5.60 Å². The van der Waals surface area contributed by atoms with Gasteiger partial charge >= 0.3 is 6.09 Å². The third-order valence-corrected chi connectivity index (χ3v) is 3.39. The van der Waals surface area contributed by atoms with Gasteiger partial charge in [0.1, 0.15) is 5.60 Å². The molecule has 0 aromatic heterocycles. The first-order chi connectivity index (χ1) is 9.26. The predicted octanol–water partition coefficient (Wildman–Crippen LogP) is 3.54. The summed E-state index contributed by atoms with van der Waals surface area (Å²) in [7, 11) is 1.70. The molecule has 0 spiro atoms. The monoisotopic (exact) mass is 343 g/mol. The Hall–Kier alpha value is -1.43. The zero-order valence-electron chi connectivity index (χ0n) is 12.0. The van der Waals surface area contributed by atoms with E-state index in [9.17, 15) is 4.79 Å². The smallest absolute Gasteiger partial charge is 0.410 e. The molecule has 1 aromatic carbocycles. The van der Waals surface area contributed by atoms with Crippen LogP contribution in [0, 0.1) is 0 Å². The minimum Gasteiger partial charge on any atom is -0.454 e. The molecular weight excluding hydrogens is 326 g/mol. The van der Waals surface area contributed by atoms with E-state index in [2.05, 4.69) is 15.9 Å². The van der Waals surface area contributed by atoms with Crippen molar-refractivity contribution in [1.82, 2.24) is 4.90 Å². The molecule has 0 N–H and O–H groups in total. The molecule has 0 fully saturated rings. The Morgan fingerprint density at radius 1 is 1.35 bits per heavy atom. The van der Waals surface area contributed by atoms with Crippen LogP contribution in [0.2, 0.25) is 0 Å². The molecule has 1 heterocycles. The number of hydrogen-bond donors (Lipinski definition) is 0. The number of carbonyl (C=O) groups excluding carboxylic acids is 1. The highest BCUT2D eigenvalue weighted by Crippen LogP contribution is 2.37. The fraction of sp³-hybridized carbons (Fsp3) is 0.500. The molecule has 5 nitrogen and oxygen atoms in total. The molecule has 1 aromatic rings. The van der Waals surface area contributed by atoms with Crippen molar-refractivity contribution in [3.05, 3.63) is 22.2 Å². The topological polar surface area (TPSA) is 48.0 Å². The molecule has 2 rings (SSSR count). The molecule has 0 aliphatic carbocycles. The molecule has 20 heavy (non-hydrogen) atoms. The fourth-order valence-corrected chi connectivity index (χ4v) is 2.19. The van der Waals surface area contributed by atoms with Crippen molar-refractivity contribution in [1.29, 1.82) is 0 Å². The third-order valence-electron chi connectivity index (χ3n) is 2.65. The Labute approximate surface area is 126 Å². The van der Waals surface area contributed by atoms with Crippen LogP contribution >= 0.6 is 15.9 Å². The van der Waals surface area contributed by atoms with E-state index in [1.54, 1.807) is 7.05 Å². The molecule has 1 aliphatic heterocycles. The summed E-state index contributed by atoms with van der Waals surface area (Å²) in [5.41, 5.74) is 0.430. The zero-order valence-corrected chi connectivity index (χ0v) is 13.6. The number of amides is 1. The molecule has 0 radical (unpaired) electrons. The highest BCUT2D eigenvalue weighted by Gasteiger charge is 2.22. The first-order valence-corrected chi connectivity index (χ1v) is 7.08. The van der Waals surface area contributed by atoms with Crippen molar-refractivity contribution >= 4 is 22.0 Å². The first-order valence-electron chi connectivity index (χ1n) is 6.28. The maximum atomic E-state index is 11.9. The van der Waals surface area contributed by atoms with Crippen molar-refractivity contribution in [2.45, 2.75) is 32.9 Å². The summed E-state index contributed by atoms with van der Waals surface area (Å²) < 4.78 is 16.8. The number of halogens is 1. The minimum absolute atomic E-state index is 0.229. The Morgan fingerprint density at radius 2 is 1.95 bits per heavy atom. The second-order valence-corrected chi connectivity index (χ2v) is 6.49. The van der Waals surface area contributed by atoms with E-state index in [0.29, 0.717) is 18.0 Å². The summed E-state index contributed by atoms with van der Waals surface area (Å²) in [4.78, 5) is 13.5. The standard InChI is InChI=1S/C14H18BrNO4/c1-14(2,3)20-13(17)16(4)7-9-5-11-12(6-10(9)15)19-8-18-11/h5-6H,7-8H2,1-4H3. The van der Waals surface area contributed by atoms with Gasteiger partial charge in [0.15, 0.2) is 11.5 Å². The minimum atomic E-state index is -0.503. The summed E-state index contributed by atoms with van der Waals surface area (Å²) in [6, 6.07) is 3.72. The molecule has 110 valence electrons. The summed E-state index contributed by atoms with van der Waals surface area (Å²) in [6.45, 7) is 6.18. The van der Waals surface area contributed by atoms with E-state index in [-0.39, 0.29) is 12.9 Å². The molecule has 0 bridgehead atoms. The summed E-state index contributed by atoms with van der Waals surface area (Å²) >= 11 is 3.47. The van der Waals surface area contributed by atoms with Crippen molar-refractivity contribution in [3.8, 4) is 11.5 Å². The number of carbonyl (C=O) groups is 1. The van der Waals surface area contributed by atoms with Crippen LogP contribution in [0.3, 0.4) is 0 Å². The Balaban J connectivity index is 2.08. The van der Waals surface area contributed by atoms with Crippen LogP contribution in [-0.2, 0) is 11.3 Å². The summed E-state index contributed by atoms with van der Waals surface area (Å²) in [6.07, 6.45) is -0.359. The van der Waals surface area contributed by atoms with Gasteiger partial charge in [0.2, 0.25) is 6.79 Å². The van der Waals surface area contributed by atoms with Gasteiger partial charge in [-0.15, -0.1) is 0 Å². The summed E-state index contributed by atoms with van der Waals surface area (Å²) in [5, 5.41) is 0. The number of fused-ring (bicyclic) bond motifs is 1. The third kappa shape index (κ3) is 3.56. The van der Waals surface area contributed by atoms with E-state index in [0.717, 1.165) is 10.0 Å². The van der Waals surface area contributed by atoms with Crippen molar-refractivity contribution in [3.63, 3.8) is 0 Å². The Kier molecular flexibility index (Phi) is 4.13. The maximum absolute atomic E-state index is 11.9. The first kappa shape index (κ1) is 15.0. The average Bonchev–Trinajstić information content (AvgIpc) is 2.74. The van der Waals surface area contributed by atoms with E-state index in [1.807, 2.05) is 32.9 Å². The lowest BCUT2D eigenvalue weighted by molar-refractivity contribution is 0.0284. The van der Waals surface area contributed by atoms with Crippen LogP contribution < -0.4 is 9.47 Å². The van der Waals surface area contributed by atoms with E-state index in [4.69, 9.17) is 14.2 Å². The van der Waals surface area contributed by atoms with Gasteiger partial charge in [-0.25, -0.2) is 4.79 Å². The molecule has 1 aliphatic rings. The van der Waals surface area contributed by atoms with Crippen LogP contribution in [0.15, 0.2) is 16.6 Å². The van der Waals surface area contributed by atoms with Gasteiger partial charge in [0, 0.05) is 18.1 Å². The molecule has 0 unspecified atom stereocenters. The lowest BCUT2D eigenvalue weighted by Crippen LogP contribution is -2.33. The number of benzene rings is 1. The van der Waals surface area contributed by atoms with Crippen LogP contribution in [0.4, 0.5) is 4.79 Å². The second-order valence-electron chi connectivity index (χ2n) is 5.63. The molecule has 1 amide bonds. The van der Waals surface area contributed by atoms with Crippen LogP contribution in [0.5, 0.6) is 11.5 Å². The van der Waals surface area contributed by atoms with Gasteiger partial charge in [-0.05, 0) is 38.5 Å². The van der Waals surface area contributed by atoms with Gasteiger partial charge in [0.05, 0.1) is 0 Å². The van der Waals surface area contributed by atoms with Crippen LogP contribution in [0.1, 0.15) is 26.3 Å². The van der Waals surface area contributed by atoms with Gasteiger partial charge in [-0.2, -0.15) is 0 Å². The number of rotatable bonds is 2. The van der Waals surface area contributed by atoms with Crippen molar-refractivity contribution in [2.75, 3.05) is 13.8 Å². The molecule has 0 saturated carbocycles. The zero-order chi connectivity index (χ0) is 14.9. The van der Waals surface area contributed by atoms with Gasteiger partial charge in [-0.1, -0.05) is 15.9 Å². The average molecular weight is 344 g/mol. The SMILES string of the molecule is CN(Cc1cc2c(cc1Br)OCO2)C(=O)OC(C)(C)C. The van der Waals surface area contributed by atoms with E-state index >= 15 is 0 Å². The number of hydrogen-bond acceptors (Lipinski definition) is 4. The predicted molar refractivity (Wildman–Crippen MR) is 78.0 cm³/mol. The summed E-state index contributed by atoms with van der Waals surface area (Å²) in [5.74, 6) is 1.40. The van der Waals surface area contributed by atoms with Gasteiger partial charge < -0.3 is 19.1 Å².